The zero-order valence-corrected chi connectivity index (χ0v) is 9.99. The second-order valence-corrected chi connectivity index (χ2v) is 4.23. The monoisotopic (exact) mass is 239 g/mol. The number of nitrogens with zero attached hydrogens (tertiary/aromatic N) is 3. The Morgan fingerprint density at radius 2 is 2.06 bits per heavy atom. The van der Waals surface area contributed by atoms with Crippen LogP contribution in [0.25, 0.3) is 10.8 Å². The Labute approximate surface area is 105 Å². The van der Waals surface area contributed by atoms with E-state index in [1.165, 1.54) is 0 Å². The van der Waals surface area contributed by atoms with Crippen LogP contribution < -0.4 is 0 Å². The van der Waals surface area contributed by atoms with Gasteiger partial charge in [-0.2, -0.15) is 5.10 Å². The van der Waals surface area contributed by atoms with Crippen molar-refractivity contribution in [3.8, 4) is 0 Å². The van der Waals surface area contributed by atoms with Crippen molar-refractivity contribution < 1.29 is 5.11 Å². The van der Waals surface area contributed by atoms with Crippen LogP contribution in [-0.2, 0) is 7.05 Å². The minimum absolute atomic E-state index is 0.677. The lowest BCUT2D eigenvalue weighted by Crippen LogP contribution is -2.07. The van der Waals surface area contributed by atoms with E-state index in [4.69, 9.17) is 0 Å². The highest BCUT2D eigenvalue weighted by molar-refractivity contribution is 5.85. The largest absolute Gasteiger partial charge is 0.382 e. The third-order valence-corrected chi connectivity index (χ3v) is 3.15. The molecule has 0 radical (unpaired) electrons. The van der Waals surface area contributed by atoms with Gasteiger partial charge in [0.1, 0.15) is 6.10 Å². The van der Waals surface area contributed by atoms with Crippen LogP contribution >= 0.6 is 0 Å². The Morgan fingerprint density at radius 1 is 1.17 bits per heavy atom. The molecule has 0 spiro atoms. The van der Waals surface area contributed by atoms with E-state index >= 15 is 0 Å². The normalized spacial score (nSPS) is 12.8. The van der Waals surface area contributed by atoms with E-state index in [0.717, 1.165) is 22.0 Å². The van der Waals surface area contributed by atoms with E-state index in [0.29, 0.717) is 0 Å². The molecule has 2 aromatic heterocycles. The molecule has 0 bridgehead atoms. The molecule has 0 aliphatic carbocycles. The first kappa shape index (κ1) is 10.9. The van der Waals surface area contributed by atoms with E-state index in [1.807, 2.05) is 37.4 Å². The number of aromatic nitrogens is 3. The number of benzene rings is 1. The highest BCUT2D eigenvalue weighted by Gasteiger charge is 2.16. The molecule has 90 valence electrons. The summed E-state index contributed by atoms with van der Waals surface area (Å²) in [4.78, 5) is 4.09. The minimum Gasteiger partial charge on any atom is -0.382 e. The average molecular weight is 239 g/mol. The van der Waals surface area contributed by atoms with Crippen LogP contribution in [0.2, 0.25) is 0 Å². The second-order valence-electron chi connectivity index (χ2n) is 4.23. The summed E-state index contributed by atoms with van der Waals surface area (Å²) in [5.74, 6) is 0. The van der Waals surface area contributed by atoms with Crippen molar-refractivity contribution in [1.29, 1.82) is 0 Å². The van der Waals surface area contributed by atoms with Gasteiger partial charge in [-0.05, 0) is 23.1 Å². The number of hydrogen-bond acceptors (Lipinski definition) is 3. The first-order valence-electron chi connectivity index (χ1n) is 5.76. The fourth-order valence-electron chi connectivity index (χ4n) is 2.20. The topological polar surface area (TPSA) is 50.9 Å². The molecule has 0 saturated heterocycles. The number of pyridine rings is 1. The molecule has 0 fully saturated rings. The number of aryl methyl sites for hydroxylation is 1. The summed E-state index contributed by atoms with van der Waals surface area (Å²) in [7, 11) is 1.82. The molecule has 1 unspecified atom stereocenters. The van der Waals surface area contributed by atoms with Crippen LogP contribution in [0.1, 0.15) is 17.4 Å². The van der Waals surface area contributed by atoms with Gasteiger partial charge in [0.2, 0.25) is 0 Å². The highest BCUT2D eigenvalue weighted by atomic mass is 16.3. The molecule has 1 aromatic carbocycles. The molecule has 3 aromatic rings. The number of hydrogen-bond donors (Lipinski definition) is 1. The van der Waals surface area contributed by atoms with Gasteiger partial charge in [0.05, 0.1) is 5.69 Å². The summed E-state index contributed by atoms with van der Waals surface area (Å²) < 4.78 is 1.69. The van der Waals surface area contributed by atoms with Crippen LogP contribution in [0.15, 0.2) is 48.9 Å². The summed E-state index contributed by atoms with van der Waals surface area (Å²) >= 11 is 0. The van der Waals surface area contributed by atoms with Crippen LogP contribution in [0.4, 0.5) is 0 Å². The van der Waals surface area contributed by atoms with Crippen LogP contribution in [0, 0.1) is 0 Å². The highest BCUT2D eigenvalue weighted by Crippen LogP contribution is 2.27. The lowest BCUT2D eigenvalue weighted by atomic mass is 10.00. The number of aliphatic hydroxyl groups excluding tert-OH is 1. The molecule has 1 atom stereocenters. The fourth-order valence-corrected chi connectivity index (χ4v) is 2.20. The predicted molar refractivity (Wildman–Crippen MR) is 69.0 cm³/mol. The summed E-state index contributed by atoms with van der Waals surface area (Å²) in [5.41, 5.74) is 1.65. The Morgan fingerprint density at radius 3 is 2.83 bits per heavy atom. The summed E-state index contributed by atoms with van der Waals surface area (Å²) in [6.07, 6.45) is 4.55. The second kappa shape index (κ2) is 4.23. The maximum absolute atomic E-state index is 10.5. The standard InChI is InChI=1S/C14H13N3O/c1-17-13(6-8-16-17)14(18)12-4-2-3-10-9-15-7-5-11(10)12/h2-9,14,18H,1H3. The molecule has 0 amide bonds. The molecule has 4 nitrogen and oxygen atoms in total. The molecule has 0 aliphatic rings. The average Bonchev–Trinajstić information content (AvgIpc) is 2.83. The Hall–Kier alpha value is -2.20. The van der Waals surface area contributed by atoms with E-state index in [1.54, 1.807) is 23.3 Å². The molecule has 18 heavy (non-hydrogen) atoms. The molecule has 0 aliphatic heterocycles. The van der Waals surface area contributed by atoms with Gasteiger partial charge in [-0.15, -0.1) is 0 Å². The maximum atomic E-state index is 10.5. The van der Waals surface area contributed by atoms with Crippen LogP contribution in [0.5, 0.6) is 0 Å². The Bertz CT molecular complexity index is 685. The summed E-state index contributed by atoms with van der Waals surface area (Å²) in [5, 5.41) is 16.6. The molecule has 3 rings (SSSR count). The SMILES string of the molecule is Cn1nccc1C(O)c1cccc2cnccc12. The lowest BCUT2D eigenvalue weighted by Gasteiger charge is -2.13. The van der Waals surface area contributed by atoms with Gasteiger partial charge in [0.15, 0.2) is 0 Å². The van der Waals surface area contributed by atoms with Crippen LogP contribution in [0.3, 0.4) is 0 Å². The van der Waals surface area contributed by atoms with Crippen molar-refractivity contribution in [2.45, 2.75) is 6.10 Å². The van der Waals surface area contributed by atoms with Crippen molar-refractivity contribution in [3.05, 3.63) is 60.2 Å². The Balaban J connectivity index is 2.18. The minimum atomic E-state index is -0.677. The van der Waals surface area contributed by atoms with Gasteiger partial charge in [-0.3, -0.25) is 9.67 Å². The van der Waals surface area contributed by atoms with Gasteiger partial charge < -0.3 is 5.11 Å². The van der Waals surface area contributed by atoms with E-state index in [9.17, 15) is 5.11 Å². The van der Waals surface area contributed by atoms with Gasteiger partial charge in [-0.25, -0.2) is 0 Å². The van der Waals surface area contributed by atoms with Crippen LogP contribution in [-0.4, -0.2) is 19.9 Å². The van der Waals surface area contributed by atoms with Crippen molar-refractivity contribution in [2.24, 2.45) is 7.05 Å². The number of aliphatic hydroxyl groups is 1. The third-order valence-electron chi connectivity index (χ3n) is 3.15. The van der Waals surface area contributed by atoms with Crippen molar-refractivity contribution in [3.63, 3.8) is 0 Å². The molecule has 2 heterocycles. The molecule has 1 N–H and O–H groups in total. The number of rotatable bonds is 2. The van der Waals surface area contributed by atoms with E-state index < -0.39 is 6.10 Å². The third kappa shape index (κ3) is 1.67. The predicted octanol–water partition coefficient (Wildman–Crippen LogP) is 2.05. The quantitative estimate of drug-likeness (QED) is 0.744. The zero-order chi connectivity index (χ0) is 12.5. The van der Waals surface area contributed by atoms with Crippen molar-refractivity contribution in [1.82, 2.24) is 14.8 Å². The smallest absolute Gasteiger partial charge is 0.121 e. The first-order valence-corrected chi connectivity index (χ1v) is 5.76. The summed E-state index contributed by atoms with van der Waals surface area (Å²) in [6, 6.07) is 9.59. The summed E-state index contributed by atoms with van der Waals surface area (Å²) in [6.45, 7) is 0. The van der Waals surface area contributed by atoms with Crippen molar-refractivity contribution >= 4 is 10.8 Å². The molecule has 4 heteroatoms. The fraction of sp³-hybridized carbons (Fsp3) is 0.143. The van der Waals surface area contributed by atoms with Gasteiger partial charge in [0.25, 0.3) is 0 Å². The van der Waals surface area contributed by atoms with E-state index in [-0.39, 0.29) is 0 Å². The zero-order valence-electron chi connectivity index (χ0n) is 9.99. The molecular weight excluding hydrogens is 226 g/mol. The van der Waals surface area contributed by atoms with E-state index in [2.05, 4.69) is 10.1 Å². The van der Waals surface area contributed by atoms with Gasteiger partial charge >= 0.3 is 0 Å². The first-order chi connectivity index (χ1) is 8.77. The maximum Gasteiger partial charge on any atom is 0.121 e. The lowest BCUT2D eigenvalue weighted by molar-refractivity contribution is 0.211. The van der Waals surface area contributed by atoms with Gasteiger partial charge in [0, 0.05) is 31.0 Å². The van der Waals surface area contributed by atoms with Crippen molar-refractivity contribution in [2.75, 3.05) is 0 Å². The molecule has 0 saturated carbocycles. The number of fused-ring (bicyclic) bond motifs is 1. The Kier molecular flexibility index (Phi) is 2.57. The molecular formula is C14H13N3O. The van der Waals surface area contributed by atoms with Gasteiger partial charge in [-0.1, -0.05) is 18.2 Å².